The van der Waals surface area contributed by atoms with E-state index in [1.54, 1.807) is 20.8 Å². The van der Waals surface area contributed by atoms with Crippen LogP contribution in [-0.4, -0.2) is 28.9 Å². The zero-order chi connectivity index (χ0) is 14.5. The Kier molecular flexibility index (Phi) is 6.26. The van der Waals surface area contributed by atoms with Gasteiger partial charge in [-0.25, -0.2) is 4.79 Å². The van der Waals surface area contributed by atoms with Crippen molar-refractivity contribution < 1.29 is 14.6 Å². The van der Waals surface area contributed by atoms with Crippen LogP contribution in [0.2, 0.25) is 0 Å². The van der Waals surface area contributed by atoms with Gasteiger partial charge in [-0.2, -0.15) is 0 Å². The number of aliphatic hydroxyl groups excluding tert-OH is 1. The fourth-order valence-corrected chi connectivity index (χ4v) is 1.52. The summed E-state index contributed by atoms with van der Waals surface area (Å²) < 4.78 is 5.17. The van der Waals surface area contributed by atoms with Gasteiger partial charge in [-0.05, 0) is 33.1 Å². The Bertz CT molecular complexity index is 292. The molecule has 2 atom stereocenters. The summed E-state index contributed by atoms with van der Waals surface area (Å²) in [5.41, 5.74) is -0.171. The molecule has 0 aromatic heterocycles. The van der Waals surface area contributed by atoms with Gasteiger partial charge in [-0.3, -0.25) is 0 Å². The number of aliphatic hydroxyl groups is 1. The smallest absolute Gasteiger partial charge is 0.407 e. The molecule has 0 aliphatic heterocycles. The molecule has 0 spiro atoms. The minimum absolute atomic E-state index is 0.332. The molecule has 104 valence electrons. The van der Waals surface area contributed by atoms with Crippen LogP contribution in [0.5, 0.6) is 0 Å². The van der Waals surface area contributed by atoms with Gasteiger partial charge in [-0.15, -0.1) is 0 Å². The zero-order valence-electron chi connectivity index (χ0n) is 12.1. The maximum atomic E-state index is 11.7. The Morgan fingerprint density at radius 2 is 1.94 bits per heavy atom. The van der Waals surface area contributed by atoms with Crippen LogP contribution in [0.15, 0.2) is 12.2 Å². The van der Waals surface area contributed by atoms with Crippen molar-refractivity contribution in [2.45, 2.75) is 58.8 Å². The average Bonchev–Trinajstić information content (AvgIpc) is 2.11. The van der Waals surface area contributed by atoms with E-state index in [0.717, 1.165) is 0 Å². The summed E-state index contributed by atoms with van der Waals surface area (Å²) in [7, 11) is 0. The van der Waals surface area contributed by atoms with Crippen LogP contribution in [0.3, 0.4) is 0 Å². The lowest BCUT2D eigenvalue weighted by Crippen LogP contribution is -2.46. The van der Waals surface area contributed by atoms with E-state index in [0.29, 0.717) is 17.9 Å². The zero-order valence-corrected chi connectivity index (χ0v) is 12.1. The van der Waals surface area contributed by atoms with Gasteiger partial charge in [0.05, 0.1) is 6.04 Å². The van der Waals surface area contributed by atoms with Gasteiger partial charge < -0.3 is 15.2 Å². The Morgan fingerprint density at radius 1 is 1.44 bits per heavy atom. The molecule has 4 nitrogen and oxygen atoms in total. The fourth-order valence-electron chi connectivity index (χ4n) is 1.52. The van der Waals surface area contributed by atoms with E-state index < -0.39 is 23.8 Å². The molecule has 1 amide bonds. The van der Waals surface area contributed by atoms with E-state index in [1.807, 2.05) is 13.8 Å². The second kappa shape index (κ2) is 6.69. The summed E-state index contributed by atoms with van der Waals surface area (Å²) in [6, 6.07) is -0.426. The summed E-state index contributed by atoms with van der Waals surface area (Å²) >= 11 is 0. The summed E-state index contributed by atoms with van der Waals surface area (Å²) in [5, 5.41) is 12.6. The standard InChI is InChI=1S/C14H25NO3/c1-9(2)8-11(12(16)10(3)4)15-13(17)18-14(5,6)7/h9,11-12,16H,3-4,8H2,1-2,5-7H3/p+1/t11-,12+/m0/s1. The van der Waals surface area contributed by atoms with Crippen LogP contribution >= 0.6 is 0 Å². The van der Waals surface area contributed by atoms with E-state index in [9.17, 15) is 9.90 Å². The minimum atomic E-state index is -0.861. The third-order valence-electron chi connectivity index (χ3n) is 2.23. The van der Waals surface area contributed by atoms with E-state index in [-0.39, 0.29) is 0 Å². The van der Waals surface area contributed by atoms with Gasteiger partial charge in [0, 0.05) is 13.5 Å². The van der Waals surface area contributed by atoms with Crippen LogP contribution in [0.4, 0.5) is 4.79 Å². The van der Waals surface area contributed by atoms with Crippen molar-refractivity contribution in [3.63, 3.8) is 0 Å². The highest BCUT2D eigenvalue weighted by Gasteiger charge is 2.27. The lowest BCUT2D eigenvalue weighted by Gasteiger charge is -2.26. The molecule has 0 rings (SSSR count). The monoisotopic (exact) mass is 256 g/mol. The summed E-state index contributed by atoms with van der Waals surface area (Å²) in [5.74, 6) is 0.332. The van der Waals surface area contributed by atoms with Crippen molar-refractivity contribution in [3.8, 4) is 0 Å². The number of alkyl carbamates (subject to hydrolysis) is 1. The van der Waals surface area contributed by atoms with Crippen molar-refractivity contribution >= 4 is 6.09 Å². The van der Waals surface area contributed by atoms with Crippen LogP contribution in [0, 0.1) is 12.8 Å². The second-order valence-electron chi connectivity index (χ2n) is 5.99. The highest BCUT2D eigenvalue weighted by Crippen LogP contribution is 2.14. The third-order valence-corrected chi connectivity index (χ3v) is 2.23. The highest BCUT2D eigenvalue weighted by molar-refractivity contribution is 5.68. The average molecular weight is 256 g/mol. The maximum absolute atomic E-state index is 11.7. The largest absolute Gasteiger partial charge is 0.444 e. The van der Waals surface area contributed by atoms with Crippen molar-refractivity contribution in [1.82, 2.24) is 5.32 Å². The fraction of sp³-hybridized carbons (Fsp3) is 0.714. The number of ether oxygens (including phenoxy) is 1. The number of amides is 1. The summed E-state index contributed by atoms with van der Waals surface area (Å²) in [6.45, 7) is 16.6. The number of carbonyl (C=O) groups excluding carboxylic acids is 1. The minimum Gasteiger partial charge on any atom is -0.444 e. The van der Waals surface area contributed by atoms with Crippen molar-refractivity contribution in [3.05, 3.63) is 19.1 Å². The number of hydrogen-bond donors (Lipinski definition) is 2. The predicted octanol–water partition coefficient (Wildman–Crippen LogP) is 2.68. The van der Waals surface area contributed by atoms with Crippen LogP contribution in [0.25, 0.3) is 0 Å². The van der Waals surface area contributed by atoms with E-state index in [2.05, 4.69) is 18.8 Å². The Balaban J connectivity index is 4.59. The maximum Gasteiger partial charge on any atom is 0.407 e. The van der Waals surface area contributed by atoms with Gasteiger partial charge in [0.1, 0.15) is 17.3 Å². The first kappa shape index (κ1) is 16.8. The topological polar surface area (TPSA) is 58.6 Å². The normalized spacial score (nSPS) is 15.1. The second-order valence-corrected chi connectivity index (χ2v) is 5.99. The first-order valence-corrected chi connectivity index (χ1v) is 6.21. The number of nitrogens with one attached hydrogen (secondary N) is 1. The molecule has 0 saturated heterocycles. The molecule has 18 heavy (non-hydrogen) atoms. The van der Waals surface area contributed by atoms with Crippen molar-refractivity contribution in [2.75, 3.05) is 0 Å². The first-order chi connectivity index (χ1) is 8.03. The van der Waals surface area contributed by atoms with Crippen molar-refractivity contribution in [1.29, 1.82) is 0 Å². The third kappa shape index (κ3) is 7.22. The lowest BCUT2D eigenvalue weighted by molar-refractivity contribution is 0.0437. The number of rotatable bonds is 5. The molecular weight excluding hydrogens is 230 g/mol. The van der Waals surface area contributed by atoms with Crippen molar-refractivity contribution in [2.24, 2.45) is 5.92 Å². The molecule has 0 saturated carbocycles. The Morgan fingerprint density at radius 3 is 2.28 bits per heavy atom. The van der Waals surface area contributed by atoms with Gasteiger partial charge in [0.2, 0.25) is 0 Å². The van der Waals surface area contributed by atoms with Gasteiger partial charge in [-0.1, -0.05) is 13.8 Å². The molecule has 0 radical (unpaired) electrons. The number of carbonyl (C=O) groups is 1. The predicted molar refractivity (Wildman–Crippen MR) is 73.1 cm³/mol. The highest BCUT2D eigenvalue weighted by atomic mass is 16.6. The quantitative estimate of drug-likeness (QED) is 0.743. The van der Waals surface area contributed by atoms with E-state index in [1.165, 1.54) is 0 Å². The van der Waals surface area contributed by atoms with E-state index in [4.69, 9.17) is 4.74 Å². The Hall–Kier alpha value is -1.16. The van der Waals surface area contributed by atoms with Gasteiger partial charge in [0.25, 0.3) is 0 Å². The molecule has 0 aliphatic rings. The van der Waals surface area contributed by atoms with Gasteiger partial charge in [0.15, 0.2) is 0 Å². The summed E-state index contributed by atoms with van der Waals surface area (Å²) in [4.78, 5) is 11.7. The first-order valence-electron chi connectivity index (χ1n) is 6.21. The molecule has 0 fully saturated rings. The summed E-state index contributed by atoms with van der Waals surface area (Å²) in [6.07, 6.45) is -0.761. The van der Waals surface area contributed by atoms with Crippen LogP contribution in [-0.2, 0) is 4.74 Å². The molecule has 0 aromatic carbocycles. The molecular formula is C14H26NO3+. The van der Waals surface area contributed by atoms with E-state index >= 15 is 0 Å². The molecule has 0 bridgehead atoms. The molecule has 0 aromatic rings. The molecule has 0 aliphatic carbocycles. The van der Waals surface area contributed by atoms with Crippen LogP contribution < -0.4 is 5.32 Å². The SMILES string of the molecule is C=C([CH2+])[C@@H](O)[C@H](CC(C)C)NC(=O)OC(C)(C)C. The number of hydrogen-bond acceptors (Lipinski definition) is 3. The van der Waals surface area contributed by atoms with Crippen LogP contribution in [0.1, 0.15) is 41.0 Å². The molecule has 0 heterocycles. The molecule has 0 unspecified atom stereocenters. The van der Waals surface area contributed by atoms with Gasteiger partial charge >= 0.3 is 6.09 Å². The molecule has 4 heteroatoms. The lowest BCUT2D eigenvalue weighted by atomic mass is 9.96. The Labute approximate surface area is 110 Å². The molecule has 2 N–H and O–H groups in total.